The number of hydrogen-bond acceptors (Lipinski definition) is 5. The highest BCUT2D eigenvalue weighted by Crippen LogP contribution is 2.25. The summed E-state index contributed by atoms with van der Waals surface area (Å²) in [7, 11) is -3.80. The van der Waals surface area contributed by atoms with Crippen molar-refractivity contribution >= 4 is 21.5 Å². The SMILES string of the molecule is CCOS(=O)(=O)c1cnccc1Nc1cccc(C)c1. The molecule has 106 valence electrons. The number of hydrogen-bond donors (Lipinski definition) is 1. The number of rotatable bonds is 5. The third kappa shape index (κ3) is 3.34. The fraction of sp³-hybridized carbons (Fsp3) is 0.214. The van der Waals surface area contributed by atoms with Gasteiger partial charge in [0.1, 0.15) is 4.90 Å². The van der Waals surface area contributed by atoms with E-state index in [-0.39, 0.29) is 11.5 Å². The van der Waals surface area contributed by atoms with Crippen molar-refractivity contribution in [3.63, 3.8) is 0 Å². The summed E-state index contributed by atoms with van der Waals surface area (Å²) in [6, 6.07) is 9.27. The second kappa shape index (κ2) is 6.02. The molecular weight excluding hydrogens is 276 g/mol. The molecule has 1 aromatic heterocycles. The smallest absolute Gasteiger partial charge is 0.300 e. The van der Waals surface area contributed by atoms with Crippen molar-refractivity contribution in [2.24, 2.45) is 0 Å². The van der Waals surface area contributed by atoms with Crippen LogP contribution in [0.5, 0.6) is 0 Å². The van der Waals surface area contributed by atoms with Crippen LogP contribution in [0, 0.1) is 6.92 Å². The van der Waals surface area contributed by atoms with Crippen LogP contribution in [-0.4, -0.2) is 20.0 Å². The summed E-state index contributed by atoms with van der Waals surface area (Å²) in [6.45, 7) is 3.68. The van der Waals surface area contributed by atoms with Crippen molar-refractivity contribution in [2.75, 3.05) is 11.9 Å². The molecule has 0 bridgehead atoms. The second-order valence-electron chi connectivity index (χ2n) is 4.23. The molecule has 0 fully saturated rings. The van der Waals surface area contributed by atoms with E-state index >= 15 is 0 Å². The molecule has 0 saturated carbocycles. The molecule has 0 amide bonds. The van der Waals surface area contributed by atoms with Gasteiger partial charge in [-0.2, -0.15) is 8.42 Å². The second-order valence-corrected chi connectivity index (χ2v) is 5.81. The first-order valence-electron chi connectivity index (χ1n) is 6.20. The Labute approximate surface area is 118 Å². The Hall–Kier alpha value is -1.92. The number of benzene rings is 1. The number of aryl methyl sites for hydroxylation is 1. The lowest BCUT2D eigenvalue weighted by Gasteiger charge is -2.12. The highest BCUT2D eigenvalue weighted by Gasteiger charge is 2.19. The van der Waals surface area contributed by atoms with E-state index in [1.54, 1.807) is 13.0 Å². The molecule has 0 atom stereocenters. The first-order valence-corrected chi connectivity index (χ1v) is 7.61. The Balaban J connectivity index is 2.38. The Kier molecular flexibility index (Phi) is 4.36. The molecule has 1 N–H and O–H groups in total. The number of nitrogens with zero attached hydrogens (tertiary/aromatic N) is 1. The molecule has 2 rings (SSSR count). The van der Waals surface area contributed by atoms with Crippen LogP contribution < -0.4 is 5.32 Å². The molecule has 0 aliphatic rings. The van der Waals surface area contributed by atoms with E-state index in [1.807, 2.05) is 31.2 Å². The topological polar surface area (TPSA) is 68.3 Å². The first kappa shape index (κ1) is 14.5. The Bertz CT molecular complexity index is 699. The Morgan fingerprint density at radius 1 is 1.30 bits per heavy atom. The average molecular weight is 292 g/mol. The largest absolute Gasteiger partial charge is 0.354 e. The lowest BCUT2D eigenvalue weighted by atomic mass is 10.2. The van der Waals surface area contributed by atoms with Gasteiger partial charge in [0.2, 0.25) is 0 Å². The summed E-state index contributed by atoms with van der Waals surface area (Å²) in [5.74, 6) is 0. The molecule has 1 aromatic carbocycles. The van der Waals surface area contributed by atoms with E-state index < -0.39 is 10.1 Å². The number of pyridine rings is 1. The molecule has 6 heteroatoms. The van der Waals surface area contributed by atoms with Gasteiger partial charge in [0.25, 0.3) is 0 Å². The molecule has 0 aliphatic carbocycles. The zero-order valence-corrected chi connectivity index (χ0v) is 12.1. The standard InChI is InChI=1S/C14H16N2O3S/c1-3-19-20(17,18)14-10-15-8-7-13(14)16-12-6-4-5-11(2)9-12/h4-10H,3H2,1-2H3,(H,15,16). The van der Waals surface area contributed by atoms with Gasteiger partial charge >= 0.3 is 10.1 Å². The molecule has 0 spiro atoms. The average Bonchev–Trinajstić information content (AvgIpc) is 2.39. The van der Waals surface area contributed by atoms with Crippen LogP contribution in [0.15, 0.2) is 47.6 Å². The van der Waals surface area contributed by atoms with Gasteiger partial charge < -0.3 is 5.32 Å². The molecule has 20 heavy (non-hydrogen) atoms. The molecule has 2 aromatic rings. The fourth-order valence-electron chi connectivity index (χ4n) is 1.78. The summed E-state index contributed by atoms with van der Waals surface area (Å²) in [5, 5.41) is 3.08. The number of aromatic nitrogens is 1. The predicted molar refractivity (Wildman–Crippen MR) is 77.5 cm³/mol. The van der Waals surface area contributed by atoms with Crippen molar-refractivity contribution in [2.45, 2.75) is 18.7 Å². The predicted octanol–water partition coefficient (Wildman–Crippen LogP) is 2.86. The minimum absolute atomic E-state index is 0.0309. The van der Waals surface area contributed by atoms with Crippen LogP contribution in [0.3, 0.4) is 0 Å². The molecule has 0 saturated heterocycles. The number of anilines is 2. The van der Waals surface area contributed by atoms with Crippen LogP contribution in [0.25, 0.3) is 0 Å². The maximum Gasteiger partial charge on any atom is 0.300 e. The molecular formula is C14H16N2O3S. The molecule has 0 aliphatic heterocycles. The third-order valence-electron chi connectivity index (χ3n) is 2.62. The molecule has 0 unspecified atom stereocenters. The van der Waals surface area contributed by atoms with E-state index in [4.69, 9.17) is 4.18 Å². The minimum Gasteiger partial charge on any atom is -0.354 e. The van der Waals surface area contributed by atoms with Gasteiger partial charge in [-0.1, -0.05) is 12.1 Å². The molecule has 0 radical (unpaired) electrons. The zero-order chi connectivity index (χ0) is 14.6. The van der Waals surface area contributed by atoms with Crippen LogP contribution in [-0.2, 0) is 14.3 Å². The van der Waals surface area contributed by atoms with Crippen molar-refractivity contribution in [1.82, 2.24) is 4.98 Å². The zero-order valence-electron chi connectivity index (χ0n) is 11.3. The van der Waals surface area contributed by atoms with Gasteiger partial charge in [0.15, 0.2) is 0 Å². The fourth-order valence-corrected chi connectivity index (χ4v) is 2.80. The summed E-state index contributed by atoms with van der Waals surface area (Å²) < 4.78 is 28.8. The number of nitrogens with one attached hydrogen (secondary N) is 1. The summed E-state index contributed by atoms with van der Waals surface area (Å²) in [4.78, 5) is 3.88. The van der Waals surface area contributed by atoms with E-state index in [2.05, 4.69) is 10.3 Å². The first-order chi connectivity index (χ1) is 9.53. The summed E-state index contributed by atoms with van der Waals surface area (Å²) in [5.41, 5.74) is 2.33. The van der Waals surface area contributed by atoms with E-state index in [1.165, 1.54) is 12.4 Å². The normalized spacial score (nSPS) is 11.3. The van der Waals surface area contributed by atoms with Crippen molar-refractivity contribution < 1.29 is 12.6 Å². The lowest BCUT2D eigenvalue weighted by Crippen LogP contribution is -2.09. The summed E-state index contributed by atoms with van der Waals surface area (Å²) in [6.07, 6.45) is 2.81. The van der Waals surface area contributed by atoms with Crippen molar-refractivity contribution in [1.29, 1.82) is 0 Å². The maximum atomic E-state index is 12.0. The monoisotopic (exact) mass is 292 g/mol. The van der Waals surface area contributed by atoms with Gasteiger partial charge in [0.05, 0.1) is 18.5 Å². The summed E-state index contributed by atoms with van der Waals surface area (Å²) >= 11 is 0. The van der Waals surface area contributed by atoms with Crippen LogP contribution >= 0.6 is 0 Å². The van der Waals surface area contributed by atoms with Crippen molar-refractivity contribution in [3.8, 4) is 0 Å². The van der Waals surface area contributed by atoms with Gasteiger partial charge in [-0.15, -0.1) is 0 Å². The van der Waals surface area contributed by atoms with Gasteiger partial charge in [-0.25, -0.2) is 0 Å². The van der Waals surface area contributed by atoms with Crippen molar-refractivity contribution in [3.05, 3.63) is 48.3 Å². The van der Waals surface area contributed by atoms with Crippen LogP contribution in [0.4, 0.5) is 11.4 Å². The van der Waals surface area contributed by atoms with Gasteiger partial charge in [-0.05, 0) is 37.6 Å². The quantitative estimate of drug-likeness (QED) is 0.858. The molecule has 1 heterocycles. The van der Waals surface area contributed by atoms with Gasteiger partial charge in [0, 0.05) is 11.9 Å². The maximum absolute atomic E-state index is 12.0. The van der Waals surface area contributed by atoms with Crippen LogP contribution in [0.1, 0.15) is 12.5 Å². The Morgan fingerprint density at radius 2 is 2.10 bits per heavy atom. The highest BCUT2D eigenvalue weighted by atomic mass is 32.2. The van der Waals surface area contributed by atoms with Crippen LogP contribution in [0.2, 0.25) is 0 Å². The van der Waals surface area contributed by atoms with Gasteiger partial charge in [-0.3, -0.25) is 9.17 Å². The highest BCUT2D eigenvalue weighted by molar-refractivity contribution is 7.87. The minimum atomic E-state index is -3.80. The Morgan fingerprint density at radius 3 is 2.80 bits per heavy atom. The third-order valence-corrected chi connectivity index (χ3v) is 4.03. The van der Waals surface area contributed by atoms with E-state index in [0.29, 0.717) is 5.69 Å². The van der Waals surface area contributed by atoms with E-state index in [9.17, 15) is 8.42 Å². The molecule has 5 nitrogen and oxygen atoms in total. The lowest BCUT2D eigenvalue weighted by molar-refractivity contribution is 0.338. The van der Waals surface area contributed by atoms with E-state index in [0.717, 1.165) is 11.3 Å².